The third kappa shape index (κ3) is 1.81. The summed E-state index contributed by atoms with van der Waals surface area (Å²) in [6.45, 7) is 1.47. The summed E-state index contributed by atoms with van der Waals surface area (Å²) < 4.78 is 5.37. The van der Waals surface area contributed by atoms with Crippen molar-refractivity contribution < 1.29 is 19.1 Å². The summed E-state index contributed by atoms with van der Waals surface area (Å²) in [7, 11) is 1.50. The van der Waals surface area contributed by atoms with Gasteiger partial charge in [-0.05, 0) is 55.2 Å². The lowest BCUT2D eigenvalue weighted by Gasteiger charge is -2.37. The van der Waals surface area contributed by atoms with Gasteiger partial charge >= 0.3 is 0 Å². The smallest absolute Gasteiger partial charge is 0.238 e. The average Bonchev–Trinajstić information content (AvgIpc) is 3.39. The lowest BCUT2D eigenvalue weighted by Crippen LogP contribution is -2.40. The molecule has 2 saturated carbocycles. The first kappa shape index (κ1) is 14.9. The summed E-state index contributed by atoms with van der Waals surface area (Å²) in [5, 5.41) is 0. The molecule has 5 aliphatic rings. The summed E-state index contributed by atoms with van der Waals surface area (Å²) >= 11 is 0. The minimum absolute atomic E-state index is 0.108. The Labute approximate surface area is 145 Å². The summed E-state index contributed by atoms with van der Waals surface area (Å²) in [4.78, 5) is 39.4. The quantitative estimate of drug-likeness (QED) is 0.483. The molecule has 4 aliphatic carbocycles. The van der Waals surface area contributed by atoms with Crippen molar-refractivity contribution in [2.75, 3.05) is 12.0 Å². The second-order valence-electron chi connectivity index (χ2n) is 7.61. The van der Waals surface area contributed by atoms with Gasteiger partial charge in [-0.2, -0.15) is 0 Å². The van der Waals surface area contributed by atoms with Crippen LogP contribution in [0.5, 0.6) is 5.75 Å². The van der Waals surface area contributed by atoms with Crippen molar-refractivity contribution in [3.05, 3.63) is 35.9 Å². The molecule has 1 aliphatic heterocycles. The molecular formula is C20H19NO4. The average molecular weight is 337 g/mol. The van der Waals surface area contributed by atoms with Crippen LogP contribution in [-0.2, 0) is 9.59 Å². The standard InChI is InChI=1S/C20H19NO4/c1-9(22)10-3-6-16(25-2)15(7-10)21-19(23)17-11-4-5-12(14-8-13(11)14)18(17)20(21)24/h3-7,11-14,17-18H,8H2,1-2H3/t11-,12-,13-,14-,17-,18+/m0/s1. The molecule has 2 amide bonds. The van der Waals surface area contributed by atoms with Crippen molar-refractivity contribution >= 4 is 23.3 Å². The fourth-order valence-electron chi connectivity index (χ4n) is 5.28. The Morgan fingerprint density at radius 3 is 2.20 bits per heavy atom. The van der Waals surface area contributed by atoms with E-state index in [4.69, 9.17) is 4.74 Å². The molecule has 2 bridgehead atoms. The lowest BCUT2D eigenvalue weighted by molar-refractivity contribution is -0.124. The lowest BCUT2D eigenvalue weighted by atomic mass is 9.63. The van der Waals surface area contributed by atoms with E-state index in [1.165, 1.54) is 18.9 Å². The number of carbonyl (C=O) groups excluding carboxylic acids is 3. The fraction of sp³-hybridized carbons (Fsp3) is 0.450. The molecule has 0 unspecified atom stereocenters. The number of ether oxygens (including phenoxy) is 1. The maximum Gasteiger partial charge on any atom is 0.238 e. The van der Waals surface area contributed by atoms with Gasteiger partial charge in [-0.25, -0.2) is 4.90 Å². The number of imide groups is 1. The zero-order chi connectivity index (χ0) is 17.5. The molecule has 1 aromatic carbocycles. The van der Waals surface area contributed by atoms with Crippen LogP contribution in [0.2, 0.25) is 0 Å². The van der Waals surface area contributed by atoms with Crippen LogP contribution in [-0.4, -0.2) is 24.7 Å². The molecule has 5 heteroatoms. The van der Waals surface area contributed by atoms with E-state index in [9.17, 15) is 14.4 Å². The Bertz CT molecular complexity index is 821. The van der Waals surface area contributed by atoms with Gasteiger partial charge in [0, 0.05) is 5.56 Å². The SMILES string of the molecule is COc1ccc(C(C)=O)cc1N1C(=O)[C@@H]2[C@H]3C=C[C@@H]([C@@H]4C[C@@H]34)[C@@H]2C1=O. The number of allylic oxidation sites excluding steroid dienone is 2. The second kappa shape index (κ2) is 4.81. The van der Waals surface area contributed by atoms with E-state index in [2.05, 4.69) is 12.2 Å². The first-order valence-corrected chi connectivity index (χ1v) is 8.78. The number of methoxy groups -OCH3 is 1. The van der Waals surface area contributed by atoms with Gasteiger partial charge in [0.2, 0.25) is 11.8 Å². The molecule has 6 rings (SSSR count). The highest BCUT2D eigenvalue weighted by Crippen LogP contribution is 2.65. The molecule has 3 fully saturated rings. The summed E-state index contributed by atoms with van der Waals surface area (Å²) in [6, 6.07) is 4.91. The fourth-order valence-corrected chi connectivity index (χ4v) is 5.28. The third-order valence-electron chi connectivity index (χ3n) is 6.49. The van der Waals surface area contributed by atoms with Crippen LogP contribution < -0.4 is 9.64 Å². The number of rotatable bonds is 3. The van der Waals surface area contributed by atoms with Gasteiger partial charge in [-0.15, -0.1) is 0 Å². The molecule has 5 nitrogen and oxygen atoms in total. The Kier molecular flexibility index (Phi) is 2.86. The highest BCUT2D eigenvalue weighted by atomic mass is 16.5. The maximum atomic E-state index is 13.2. The Balaban J connectivity index is 1.60. The van der Waals surface area contributed by atoms with Gasteiger partial charge in [0.25, 0.3) is 0 Å². The zero-order valence-electron chi connectivity index (χ0n) is 14.1. The summed E-state index contributed by atoms with van der Waals surface area (Å²) in [5.74, 6) is 1.05. The molecule has 0 N–H and O–H groups in total. The van der Waals surface area contributed by atoms with E-state index >= 15 is 0 Å². The molecule has 6 atom stereocenters. The molecular weight excluding hydrogens is 318 g/mol. The van der Waals surface area contributed by atoms with Crippen LogP contribution >= 0.6 is 0 Å². The molecule has 1 aromatic rings. The van der Waals surface area contributed by atoms with Crippen molar-refractivity contribution in [1.82, 2.24) is 0 Å². The van der Waals surface area contributed by atoms with Gasteiger partial charge in [-0.1, -0.05) is 12.2 Å². The molecule has 0 aromatic heterocycles. The largest absolute Gasteiger partial charge is 0.495 e. The predicted octanol–water partition coefficient (Wildman–Crippen LogP) is 2.46. The van der Waals surface area contributed by atoms with Crippen LogP contribution in [0.15, 0.2) is 30.4 Å². The summed E-state index contributed by atoms with van der Waals surface area (Å²) in [6.07, 6.45) is 5.44. The van der Waals surface area contributed by atoms with Gasteiger partial charge in [0.05, 0.1) is 24.6 Å². The molecule has 0 spiro atoms. The van der Waals surface area contributed by atoms with E-state index in [1.807, 2.05) is 0 Å². The van der Waals surface area contributed by atoms with E-state index in [0.717, 1.165) is 6.42 Å². The minimum Gasteiger partial charge on any atom is -0.495 e. The number of hydrogen-bond acceptors (Lipinski definition) is 4. The van der Waals surface area contributed by atoms with Crippen LogP contribution in [0.4, 0.5) is 5.69 Å². The highest BCUT2D eigenvalue weighted by molar-refractivity contribution is 6.23. The van der Waals surface area contributed by atoms with Crippen LogP contribution in [0.3, 0.4) is 0 Å². The van der Waals surface area contributed by atoms with Crippen molar-refractivity contribution in [3.63, 3.8) is 0 Å². The molecule has 0 radical (unpaired) electrons. The number of amides is 2. The van der Waals surface area contributed by atoms with Crippen LogP contribution in [0.25, 0.3) is 0 Å². The number of benzene rings is 1. The van der Waals surface area contributed by atoms with Gasteiger partial charge in [-0.3, -0.25) is 14.4 Å². The van der Waals surface area contributed by atoms with Gasteiger partial charge < -0.3 is 4.74 Å². The zero-order valence-corrected chi connectivity index (χ0v) is 14.1. The van der Waals surface area contributed by atoms with E-state index in [1.54, 1.807) is 18.2 Å². The van der Waals surface area contributed by atoms with Gasteiger partial charge in [0.15, 0.2) is 5.78 Å². The second-order valence-corrected chi connectivity index (χ2v) is 7.61. The summed E-state index contributed by atoms with van der Waals surface area (Å²) in [5.41, 5.74) is 0.864. The van der Waals surface area contributed by atoms with Crippen molar-refractivity contribution in [2.45, 2.75) is 13.3 Å². The van der Waals surface area contributed by atoms with Crippen molar-refractivity contribution in [2.24, 2.45) is 35.5 Å². The van der Waals surface area contributed by atoms with Crippen molar-refractivity contribution in [1.29, 1.82) is 0 Å². The first-order chi connectivity index (χ1) is 12.0. The first-order valence-electron chi connectivity index (χ1n) is 8.78. The minimum atomic E-state index is -0.253. The maximum absolute atomic E-state index is 13.2. The third-order valence-corrected chi connectivity index (χ3v) is 6.49. The van der Waals surface area contributed by atoms with E-state index in [-0.39, 0.29) is 41.3 Å². The van der Waals surface area contributed by atoms with Crippen LogP contribution in [0, 0.1) is 35.5 Å². The molecule has 1 heterocycles. The molecule has 128 valence electrons. The van der Waals surface area contributed by atoms with E-state index < -0.39 is 0 Å². The number of Topliss-reactive ketones (excluding diaryl/α,β-unsaturated/α-hetero) is 1. The van der Waals surface area contributed by atoms with Crippen molar-refractivity contribution in [3.8, 4) is 5.75 Å². The number of ketones is 1. The van der Waals surface area contributed by atoms with Crippen LogP contribution in [0.1, 0.15) is 23.7 Å². The number of hydrogen-bond donors (Lipinski definition) is 0. The predicted molar refractivity (Wildman–Crippen MR) is 90.2 cm³/mol. The number of nitrogens with zero attached hydrogens (tertiary/aromatic N) is 1. The monoisotopic (exact) mass is 337 g/mol. The number of anilines is 1. The molecule has 25 heavy (non-hydrogen) atoms. The van der Waals surface area contributed by atoms with Gasteiger partial charge in [0.1, 0.15) is 5.75 Å². The molecule has 1 saturated heterocycles. The Hall–Kier alpha value is -2.43. The topological polar surface area (TPSA) is 63.7 Å². The Morgan fingerprint density at radius 2 is 1.68 bits per heavy atom. The highest BCUT2D eigenvalue weighted by Gasteiger charge is 2.67. The normalized spacial score (nSPS) is 37.1. The van der Waals surface area contributed by atoms with E-state index in [0.29, 0.717) is 28.8 Å². The Morgan fingerprint density at radius 1 is 1.08 bits per heavy atom. The number of carbonyl (C=O) groups is 3.